The number of hydrogen-bond acceptors (Lipinski definition) is 2. The molecule has 19 heavy (non-hydrogen) atoms. The molecule has 3 N–H and O–H groups in total. The van der Waals surface area contributed by atoms with Crippen LogP contribution in [-0.2, 0) is 0 Å². The summed E-state index contributed by atoms with van der Waals surface area (Å²) in [7, 11) is 0. The van der Waals surface area contributed by atoms with Crippen LogP contribution in [0, 0.1) is 6.92 Å². The Morgan fingerprint density at radius 2 is 2.00 bits per heavy atom. The van der Waals surface area contributed by atoms with E-state index in [1.54, 1.807) is 6.07 Å². The van der Waals surface area contributed by atoms with Gasteiger partial charge in [0.1, 0.15) is 4.99 Å². The molecule has 0 fully saturated rings. The summed E-state index contributed by atoms with van der Waals surface area (Å²) in [5.74, 6) is 0. The SMILES string of the molecule is Cc1c(Br)cccc1Nc1cc(Cl)ccc1C(N)=S. The van der Waals surface area contributed by atoms with Crippen molar-refractivity contribution in [2.24, 2.45) is 5.73 Å². The third-order valence-corrected chi connectivity index (χ3v) is 4.10. The minimum Gasteiger partial charge on any atom is -0.389 e. The van der Waals surface area contributed by atoms with Crippen LogP contribution in [0.1, 0.15) is 11.1 Å². The van der Waals surface area contributed by atoms with E-state index in [0.29, 0.717) is 10.0 Å². The Bertz CT molecular complexity index is 643. The smallest absolute Gasteiger partial charge is 0.106 e. The lowest BCUT2D eigenvalue weighted by Crippen LogP contribution is -2.12. The van der Waals surface area contributed by atoms with Gasteiger partial charge >= 0.3 is 0 Å². The predicted molar refractivity (Wildman–Crippen MR) is 89.5 cm³/mol. The lowest BCUT2D eigenvalue weighted by atomic mass is 10.1. The van der Waals surface area contributed by atoms with Crippen LogP contribution in [0.2, 0.25) is 5.02 Å². The molecule has 0 unspecified atom stereocenters. The van der Waals surface area contributed by atoms with Crippen molar-refractivity contribution >= 4 is 56.1 Å². The highest BCUT2D eigenvalue weighted by Gasteiger charge is 2.08. The van der Waals surface area contributed by atoms with E-state index in [-0.39, 0.29) is 0 Å². The van der Waals surface area contributed by atoms with Gasteiger partial charge in [0, 0.05) is 20.7 Å². The van der Waals surface area contributed by atoms with Gasteiger partial charge in [0.15, 0.2) is 0 Å². The van der Waals surface area contributed by atoms with Gasteiger partial charge < -0.3 is 11.1 Å². The maximum Gasteiger partial charge on any atom is 0.106 e. The second kappa shape index (κ2) is 5.90. The summed E-state index contributed by atoms with van der Waals surface area (Å²) >= 11 is 14.6. The molecule has 0 aliphatic rings. The molecule has 2 nitrogen and oxygen atoms in total. The van der Waals surface area contributed by atoms with E-state index in [1.165, 1.54) is 0 Å². The molecule has 0 radical (unpaired) electrons. The van der Waals surface area contributed by atoms with E-state index in [4.69, 9.17) is 29.6 Å². The Morgan fingerprint density at radius 3 is 2.68 bits per heavy atom. The van der Waals surface area contributed by atoms with Crippen LogP contribution in [0.25, 0.3) is 0 Å². The van der Waals surface area contributed by atoms with E-state index >= 15 is 0 Å². The first-order chi connectivity index (χ1) is 8.99. The zero-order chi connectivity index (χ0) is 14.0. The van der Waals surface area contributed by atoms with Gasteiger partial charge in [-0.25, -0.2) is 0 Å². The fourth-order valence-electron chi connectivity index (χ4n) is 1.72. The Labute approximate surface area is 131 Å². The first-order valence-electron chi connectivity index (χ1n) is 5.60. The maximum absolute atomic E-state index is 6.03. The van der Waals surface area contributed by atoms with E-state index in [1.807, 2.05) is 37.3 Å². The van der Waals surface area contributed by atoms with E-state index in [0.717, 1.165) is 27.0 Å². The van der Waals surface area contributed by atoms with Crippen molar-refractivity contribution in [3.8, 4) is 0 Å². The Hall–Kier alpha value is -1.10. The minimum atomic E-state index is 0.340. The molecule has 0 atom stereocenters. The average molecular weight is 356 g/mol. The third kappa shape index (κ3) is 3.26. The Kier molecular flexibility index (Phi) is 4.45. The molecule has 0 heterocycles. The van der Waals surface area contributed by atoms with Crippen LogP contribution in [-0.4, -0.2) is 4.99 Å². The molecule has 0 aliphatic heterocycles. The number of nitrogens with two attached hydrogens (primary N) is 1. The van der Waals surface area contributed by atoms with Crippen molar-refractivity contribution in [3.63, 3.8) is 0 Å². The average Bonchev–Trinajstić information content (AvgIpc) is 2.35. The fourth-order valence-corrected chi connectivity index (χ4v) is 2.44. The van der Waals surface area contributed by atoms with Crippen molar-refractivity contribution in [1.29, 1.82) is 0 Å². The van der Waals surface area contributed by atoms with Crippen molar-refractivity contribution in [2.75, 3.05) is 5.32 Å². The number of hydrogen-bond donors (Lipinski definition) is 2. The molecule has 5 heteroatoms. The minimum absolute atomic E-state index is 0.340. The Morgan fingerprint density at radius 1 is 1.26 bits per heavy atom. The van der Waals surface area contributed by atoms with Crippen molar-refractivity contribution in [1.82, 2.24) is 0 Å². The number of rotatable bonds is 3. The largest absolute Gasteiger partial charge is 0.389 e. The summed E-state index contributed by atoms with van der Waals surface area (Å²) in [6, 6.07) is 11.4. The first-order valence-corrected chi connectivity index (χ1v) is 7.18. The van der Waals surface area contributed by atoms with Gasteiger partial charge in [0.2, 0.25) is 0 Å². The second-order valence-corrected chi connectivity index (χ2v) is 5.82. The van der Waals surface area contributed by atoms with Gasteiger partial charge in [-0.05, 0) is 42.8 Å². The van der Waals surface area contributed by atoms with Crippen molar-refractivity contribution < 1.29 is 0 Å². The van der Waals surface area contributed by atoms with Gasteiger partial charge in [0.05, 0.1) is 5.69 Å². The van der Waals surface area contributed by atoms with Gasteiger partial charge in [0.25, 0.3) is 0 Å². The van der Waals surface area contributed by atoms with Crippen molar-refractivity contribution in [2.45, 2.75) is 6.92 Å². The molecule has 98 valence electrons. The molecule has 2 aromatic carbocycles. The van der Waals surface area contributed by atoms with E-state index in [9.17, 15) is 0 Å². The molecule has 0 saturated carbocycles. The normalized spacial score (nSPS) is 10.3. The van der Waals surface area contributed by atoms with E-state index < -0.39 is 0 Å². The molecule has 2 rings (SSSR count). The van der Waals surface area contributed by atoms with Gasteiger partial charge in [-0.2, -0.15) is 0 Å². The maximum atomic E-state index is 6.03. The summed E-state index contributed by atoms with van der Waals surface area (Å²) in [6.07, 6.45) is 0. The number of anilines is 2. The molecular weight excluding hydrogens is 344 g/mol. The van der Waals surface area contributed by atoms with E-state index in [2.05, 4.69) is 21.2 Å². The molecule has 2 aromatic rings. The quantitative estimate of drug-likeness (QED) is 0.778. The lowest BCUT2D eigenvalue weighted by molar-refractivity contribution is 1.40. The van der Waals surface area contributed by atoms with Crippen molar-refractivity contribution in [3.05, 3.63) is 57.0 Å². The summed E-state index contributed by atoms with van der Waals surface area (Å²) in [5, 5.41) is 3.96. The van der Waals surface area contributed by atoms with Crippen LogP contribution < -0.4 is 11.1 Å². The van der Waals surface area contributed by atoms with Gasteiger partial charge in [-0.1, -0.05) is 45.8 Å². The van der Waals surface area contributed by atoms with Crippen LogP contribution in [0.4, 0.5) is 11.4 Å². The molecule has 0 spiro atoms. The van der Waals surface area contributed by atoms with Gasteiger partial charge in [-0.15, -0.1) is 0 Å². The summed E-state index contributed by atoms with van der Waals surface area (Å²) < 4.78 is 1.04. The lowest BCUT2D eigenvalue weighted by Gasteiger charge is -2.14. The number of nitrogens with one attached hydrogen (secondary N) is 1. The number of benzene rings is 2. The summed E-state index contributed by atoms with van der Waals surface area (Å²) in [5.41, 5.74) is 9.40. The zero-order valence-corrected chi connectivity index (χ0v) is 13.4. The highest BCUT2D eigenvalue weighted by Crippen LogP contribution is 2.29. The zero-order valence-electron chi connectivity index (χ0n) is 10.2. The third-order valence-electron chi connectivity index (χ3n) is 2.78. The molecular formula is C14H12BrClN2S. The predicted octanol–water partition coefficient (Wildman–Crippen LogP) is 4.79. The van der Waals surface area contributed by atoms with Gasteiger partial charge in [-0.3, -0.25) is 0 Å². The molecule has 0 amide bonds. The second-order valence-electron chi connectivity index (χ2n) is 4.09. The number of thiocarbonyl (C=S) groups is 1. The topological polar surface area (TPSA) is 38.0 Å². The molecule has 0 saturated heterocycles. The standard InChI is InChI=1S/C14H12BrClN2S/c1-8-11(15)3-2-4-12(8)18-13-7-9(16)5-6-10(13)14(17)19/h2-7,18H,1H3,(H2,17,19). The monoisotopic (exact) mass is 354 g/mol. The molecule has 0 bridgehead atoms. The highest BCUT2D eigenvalue weighted by atomic mass is 79.9. The van der Waals surface area contributed by atoms with Crippen LogP contribution in [0.15, 0.2) is 40.9 Å². The van der Waals surface area contributed by atoms with Crippen LogP contribution in [0.5, 0.6) is 0 Å². The Balaban J connectivity index is 2.45. The summed E-state index contributed by atoms with van der Waals surface area (Å²) in [6.45, 7) is 2.03. The van der Waals surface area contributed by atoms with Crippen LogP contribution in [0.3, 0.4) is 0 Å². The number of halogens is 2. The molecule has 0 aromatic heterocycles. The highest BCUT2D eigenvalue weighted by molar-refractivity contribution is 9.10. The van der Waals surface area contributed by atoms with Crippen LogP contribution >= 0.6 is 39.7 Å². The molecule has 0 aliphatic carbocycles. The summed E-state index contributed by atoms with van der Waals surface area (Å²) in [4.78, 5) is 0.340. The fraction of sp³-hybridized carbons (Fsp3) is 0.0714. The first kappa shape index (κ1) is 14.3.